The van der Waals surface area contributed by atoms with Crippen molar-refractivity contribution in [1.82, 2.24) is 4.98 Å². The first-order valence-corrected chi connectivity index (χ1v) is 19.7. The summed E-state index contributed by atoms with van der Waals surface area (Å²) < 4.78 is 5.61. The number of aromatic nitrogens is 1. The fraction of sp³-hybridized carbons (Fsp3) is 0.213. The Morgan fingerprint density at radius 3 is 1.63 bits per heavy atom. The van der Waals surface area contributed by atoms with Crippen molar-refractivity contribution >= 4 is 29.2 Å². The number of rotatable bonds is 11. The first-order chi connectivity index (χ1) is 25.3. The Kier molecular flexibility index (Phi) is 20.3. The maximum absolute atomic E-state index is 5.61. The van der Waals surface area contributed by atoms with E-state index in [9.17, 15) is 0 Å². The van der Waals surface area contributed by atoms with Gasteiger partial charge in [-0.1, -0.05) is 126 Å². The molecule has 0 aliphatic carbocycles. The lowest BCUT2D eigenvalue weighted by Crippen LogP contribution is -1.97. The fourth-order valence-corrected chi connectivity index (χ4v) is 5.94. The van der Waals surface area contributed by atoms with Crippen molar-refractivity contribution in [2.24, 2.45) is 0 Å². The zero-order valence-corrected chi connectivity index (χ0v) is 33.2. The summed E-state index contributed by atoms with van der Waals surface area (Å²) in [6.07, 6.45) is 7.71. The third kappa shape index (κ3) is 18.5. The van der Waals surface area contributed by atoms with Gasteiger partial charge in [0.25, 0.3) is 0 Å². The van der Waals surface area contributed by atoms with Gasteiger partial charge in [-0.15, -0.1) is 23.5 Å². The smallest absolute Gasteiger partial charge is 0.119 e. The Morgan fingerprint density at radius 1 is 0.596 bits per heavy atom. The Balaban J connectivity index is 0.000000189. The Labute approximate surface area is 322 Å². The lowest BCUT2D eigenvalue weighted by molar-refractivity contribution is 0.305. The highest BCUT2D eigenvalue weighted by Gasteiger charge is 1.96. The standard InChI is InChI=1S/C14H14S.C13H13NO.C11H15N.C9H12S/c1-12-7-9-14(10-8-12)15-11-13-5-3-2-4-6-13;1-11-4-6-13(7-5-11)15-10-12-3-2-8-14-9-12;1-3-4-9-12-11-7-5-10(2)6-8-11;1-3-10-9-6-4-8(2)5-7-9/h2-10H,11H2,1H3;2-9H,10H2,1H3;3-8,12H,9H2,1-2H3;4-7H,3H2,1-2H3/b;;4-3+;. The molecule has 5 aromatic carbocycles. The molecule has 0 aliphatic heterocycles. The van der Waals surface area contributed by atoms with Gasteiger partial charge in [-0.05, 0) is 101 Å². The van der Waals surface area contributed by atoms with Gasteiger partial charge in [0.1, 0.15) is 12.4 Å². The van der Waals surface area contributed by atoms with Crippen LogP contribution >= 0.6 is 23.5 Å². The zero-order chi connectivity index (χ0) is 37.2. The van der Waals surface area contributed by atoms with Crippen molar-refractivity contribution in [3.05, 3.63) is 197 Å². The molecular weight excluding hydrogens is 673 g/mol. The molecule has 1 aromatic heterocycles. The van der Waals surface area contributed by atoms with Gasteiger partial charge in [0, 0.05) is 45.7 Å². The molecule has 6 aromatic rings. The zero-order valence-electron chi connectivity index (χ0n) is 31.6. The maximum atomic E-state index is 5.61. The van der Waals surface area contributed by atoms with E-state index in [0.29, 0.717) is 6.61 Å². The minimum atomic E-state index is 0.566. The number of benzene rings is 5. The van der Waals surface area contributed by atoms with Crippen LogP contribution < -0.4 is 10.1 Å². The average molecular weight is 727 g/mol. The van der Waals surface area contributed by atoms with Crippen LogP contribution in [0.2, 0.25) is 0 Å². The molecule has 0 unspecified atom stereocenters. The first kappa shape index (κ1) is 41.7. The maximum Gasteiger partial charge on any atom is 0.119 e. The van der Waals surface area contributed by atoms with Gasteiger partial charge in [0.2, 0.25) is 0 Å². The quantitative estimate of drug-likeness (QED) is 0.106. The summed E-state index contributed by atoms with van der Waals surface area (Å²) in [7, 11) is 0. The fourth-order valence-electron chi connectivity index (χ4n) is 4.43. The molecule has 0 saturated carbocycles. The molecule has 3 nitrogen and oxygen atoms in total. The van der Waals surface area contributed by atoms with Gasteiger partial charge in [-0.25, -0.2) is 0 Å². The van der Waals surface area contributed by atoms with Crippen molar-refractivity contribution in [3.63, 3.8) is 0 Å². The van der Waals surface area contributed by atoms with Crippen LogP contribution in [-0.2, 0) is 12.4 Å². The van der Waals surface area contributed by atoms with E-state index in [0.717, 1.165) is 29.4 Å². The predicted molar refractivity (Wildman–Crippen MR) is 229 cm³/mol. The minimum absolute atomic E-state index is 0.566. The molecule has 0 amide bonds. The molecule has 1 N–H and O–H groups in total. The molecule has 0 saturated heterocycles. The Hall–Kier alpha value is -4.71. The molecule has 0 spiro atoms. The van der Waals surface area contributed by atoms with E-state index >= 15 is 0 Å². The summed E-state index contributed by atoms with van der Waals surface area (Å²) >= 11 is 3.77. The molecule has 270 valence electrons. The van der Waals surface area contributed by atoms with Gasteiger partial charge < -0.3 is 10.1 Å². The molecular formula is C47H54N2OS2. The van der Waals surface area contributed by atoms with Crippen molar-refractivity contribution < 1.29 is 4.74 Å². The SMILES string of the molecule is C/C=C/CNc1ccc(C)cc1.CCSc1ccc(C)cc1.Cc1ccc(OCc2cccnc2)cc1.Cc1ccc(SCc2ccccc2)cc1. The van der Waals surface area contributed by atoms with Crippen LogP contribution in [0.1, 0.15) is 47.2 Å². The number of hydrogen-bond donors (Lipinski definition) is 1. The highest BCUT2D eigenvalue weighted by molar-refractivity contribution is 7.99. The number of allylic oxidation sites excluding steroid dienone is 1. The Morgan fingerprint density at radius 2 is 1.12 bits per heavy atom. The summed E-state index contributed by atoms with van der Waals surface area (Å²) in [4.78, 5) is 6.74. The molecule has 5 heteroatoms. The van der Waals surface area contributed by atoms with Crippen LogP contribution in [0.5, 0.6) is 5.75 Å². The van der Waals surface area contributed by atoms with Gasteiger partial charge in [-0.2, -0.15) is 0 Å². The number of nitrogens with one attached hydrogen (secondary N) is 1. The second-order valence-corrected chi connectivity index (χ2v) is 14.5. The monoisotopic (exact) mass is 726 g/mol. The molecule has 0 atom stereocenters. The van der Waals surface area contributed by atoms with Gasteiger partial charge in [0.05, 0.1) is 0 Å². The van der Waals surface area contributed by atoms with Crippen LogP contribution in [0.3, 0.4) is 0 Å². The van der Waals surface area contributed by atoms with E-state index in [1.54, 1.807) is 6.20 Å². The number of aryl methyl sites for hydroxylation is 4. The summed E-state index contributed by atoms with van der Waals surface area (Å²) in [5.41, 5.74) is 8.83. The van der Waals surface area contributed by atoms with E-state index in [-0.39, 0.29) is 0 Å². The molecule has 6 rings (SSSR count). The Bertz CT molecular complexity index is 1710. The predicted octanol–water partition coefficient (Wildman–Crippen LogP) is 13.3. The van der Waals surface area contributed by atoms with Crippen molar-refractivity contribution in [2.45, 2.75) is 63.7 Å². The summed E-state index contributed by atoms with van der Waals surface area (Å²) in [5, 5.41) is 3.29. The molecule has 0 bridgehead atoms. The molecule has 1 heterocycles. The third-order valence-corrected chi connectivity index (χ3v) is 9.44. The number of pyridine rings is 1. The number of anilines is 1. The van der Waals surface area contributed by atoms with Crippen molar-refractivity contribution in [2.75, 3.05) is 17.6 Å². The number of hydrogen-bond acceptors (Lipinski definition) is 5. The lowest BCUT2D eigenvalue weighted by atomic mass is 10.2. The summed E-state index contributed by atoms with van der Waals surface area (Å²) in [6.45, 7) is 14.0. The highest BCUT2D eigenvalue weighted by atomic mass is 32.2. The number of ether oxygens (including phenoxy) is 1. The van der Waals surface area contributed by atoms with Crippen molar-refractivity contribution in [1.29, 1.82) is 0 Å². The van der Waals surface area contributed by atoms with Crippen LogP contribution in [0.15, 0.2) is 174 Å². The third-order valence-electron chi connectivity index (χ3n) is 7.46. The topological polar surface area (TPSA) is 34.1 Å². The second-order valence-electron chi connectivity index (χ2n) is 12.1. The number of nitrogens with zero attached hydrogens (tertiary/aromatic N) is 1. The molecule has 0 fully saturated rings. The van der Waals surface area contributed by atoms with Crippen molar-refractivity contribution in [3.8, 4) is 5.75 Å². The second kappa shape index (κ2) is 25.3. The van der Waals surface area contributed by atoms with E-state index in [1.807, 2.05) is 79.1 Å². The summed E-state index contributed by atoms with van der Waals surface area (Å²) in [5.74, 6) is 3.09. The van der Waals surface area contributed by atoms with E-state index < -0.39 is 0 Å². The highest BCUT2D eigenvalue weighted by Crippen LogP contribution is 2.23. The molecule has 0 radical (unpaired) electrons. The summed E-state index contributed by atoms with van der Waals surface area (Å²) in [6, 6.07) is 48.3. The van der Waals surface area contributed by atoms with Gasteiger partial charge in [0.15, 0.2) is 0 Å². The lowest BCUT2D eigenvalue weighted by Gasteiger charge is -2.05. The largest absolute Gasteiger partial charge is 0.489 e. The molecule has 52 heavy (non-hydrogen) atoms. The van der Waals surface area contributed by atoms with E-state index in [4.69, 9.17) is 4.74 Å². The first-order valence-electron chi connectivity index (χ1n) is 17.8. The molecule has 0 aliphatic rings. The van der Waals surface area contributed by atoms with Gasteiger partial charge >= 0.3 is 0 Å². The van der Waals surface area contributed by atoms with Crippen LogP contribution in [0, 0.1) is 27.7 Å². The van der Waals surface area contributed by atoms with Crippen LogP contribution in [0.4, 0.5) is 5.69 Å². The van der Waals surface area contributed by atoms with E-state index in [2.05, 4.69) is 154 Å². The minimum Gasteiger partial charge on any atom is -0.489 e. The van der Waals surface area contributed by atoms with Crippen LogP contribution in [-0.4, -0.2) is 17.3 Å². The number of thioether (sulfide) groups is 2. The van der Waals surface area contributed by atoms with Gasteiger partial charge in [-0.3, -0.25) is 4.98 Å². The van der Waals surface area contributed by atoms with E-state index in [1.165, 1.54) is 43.3 Å². The average Bonchev–Trinajstić information content (AvgIpc) is 3.18. The van der Waals surface area contributed by atoms with Crippen LogP contribution in [0.25, 0.3) is 0 Å². The normalized spacial score (nSPS) is 10.1.